The van der Waals surface area contributed by atoms with Crippen molar-refractivity contribution in [2.45, 2.75) is 32.9 Å². The number of carbonyl (C=O) groups excluding carboxylic acids is 1. The van der Waals surface area contributed by atoms with Gasteiger partial charge in [0.25, 0.3) is 0 Å². The molecule has 0 bridgehead atoms. The largest absolute Gasteiger partial charge is 0.494 e. The summed E-state index contributed by atoms with van der Waals surface area (Å²) in [6.07, 6.45) is 0. The summed E-state index contributed by atoms with van der Waals surface area (Å²) in [5.41, 5.74) is 1.04. The van der Waals surface area contributed by atoms with E-state index in [9.17, 15) is 4.79 Å². The van der Waals surface area contributed by atoms with Gasteiger partial charge in [-0.15, -0.1) is 0 Å². The molecule has 1 amide bonds. The molecule has 2 N–H and O–H groups in total. The summed E-state index contributed by atoms with van der Waals surface area (Å²) in [6.45, 7) is 6.39. The second-order valence-electron chi connectivity index (χ2n) is 4.25. The maximum absolute atomic E-state index is 11.8. The number of ether oxygens (including phenoxy) is 1. The van der Waals surface area contributed by atoms with Crippen LogP contribution in [0.2, 0.25) is 0 Å². The molecule has 1 aromatic carbocycles. The molecule has 0 saturated carbocycles. The predicted molar refractivity (Wildman–Crippen MR) is 72.7 cm³/mol. The third-order valence-corrected chi connectivity index (χ3v) is 2.85. The normalized spacial score (nSPS) is 13.8. The van der Waals surface area contributed by atoms with E-state index in [1.54, 1.807) is 7.05 Å². The zero-order valence-corrected chi connectivity index (χ0v) is 11.5. The van der Waals surface area contributed by atoms with Crippen LogP contribution in [0.15, 0.2) is 24.3 Å². The maximum atomic E-state index is 11.8. The SMILES string of the molecule is CCOc1cccc([C@H](C)NC(=O)[C@H](C)NC)c1. The minimum atomic E-state index is -0.192. The predicted octanol–water partition coefficient (Wildman–Crippen LogP) is 1.87. The van der Waals surface area contributed by atoms with E-state index >= 15 is 0 Å². The fraction of sp³-hybridized carbons (Fsp3) is 0.500. The van der Waals surface area contributed by atoms with Crippen LogP contribution in [0.1, 0.15) is 32.4 Å². The highest BCUT2D eigenvalue weighted by molar-refractivity contribution is 5.81. The van der Waals surface area contributed by atoms with Crippen LogP contribution in [0.5, 0.6) is 5.75 Å². The number of nitrogens with one attached hydrogen (secondary N) is 2. The van der Waals surface area contributed by atoms with E-state index in [1.165, 1.54) is 0 Å². The molecule has 0 aliphatic heterocycles. The number of rotatable bonds is 6. The molecule has 0 saturated heterocycles. The summed E-state index contributed by atoms with van der Waals surface area (Å²) in [6, 6.07) is 7.56. The van der Waals surface area contributed by atoms with Crippen LogP contribution in [0.25, 0.3) is 0 Å². The van der Waals surface area contributed by atoms with E-state index in [0.29, 0.717) is 6.61 Å². The van der Waals surface area contributed by atoms with E-state index < -0.39 is 0 Å². The number of likely N-dealkylation sites (N-methyl/N-ethyl adjacent to an activating group) is 1. The quantitative estimate of drug-likeness (QED) is 0.810. The Labute approximate surface area is 109 Å². The Kier molecular flexibility index (Phi) is 5.65. The highest BCUT2D eigenvalue weighted by Gasteiger charge is 2.14. The van der Waals surface area contributed by atoms with Crippen LogP contribution in [0, 0.1) is 0 Å². The summed E-state index contributed by atoms with van der Waals surface area (Å²) in [5.74, 6) is 0.824. The molecule has 0 aliphatic rings. The van der Waals surface area contributed by atoms with Crippen LogP contribution in [-0.2, 0) is 4.79 Å². The third-order valence-electron chi connectivity index (χ3n) is 2.85. The fourth-order valence-corrected chi connectivity index (χ4v) is 1.59. The van der Waals surface area contributed by atoms with Gasteiger partial charge in [-0.05, 0) is 45.5 Å². The smallest absolute Gasteiger partial charge is 0.237 e. The highest BCUT2D eigenvalue weighted by Crippen LogP contribution is 2.19. The summed E-state index contributed by atoms with van der Waals surface area (Å²) in [5, 5.41) is 5.88. The Hall–Kier alpha value is -1.55. The summed E-state index contributed by atoms with van der Waals surface area (Å²) < 4.78 is 5.45. The second kappa shape index (κ2) is 7.01. The molecule has 0 aliphatic carbocycles. The van der Waals surface area contributed by atoms with Gasteiger partial charge in [-0.1, -0.05) is 12.1 Å². The molecule has 18 heavy (non-hydrogen) atoms. The first-order valence-electron chi connectivity index (χ1n) is 6.28. The van der Waals surface area contributed by atoms with E-state index in [4.69, 9.17) is 4.74 Å². The van der Waals surface area contributed by atoms with Crippen molar-refractivity contribution in [3.8, 4) is 5.75 Å². The molecular weight excluding hydrogens is 228 g/mol. The molecule has 0 unspecified atom stereocenters. The second-order valence-corrected chi connectivity index (χ2v) is 4.25. The molecule has 0 heterocycles. The highest BCUT2D eigenvalue weighted by atomic mass is 16.5. The van der Waals surface area contributed by atoms with Crippen LogP contribution >= 0.6 is 0 Å². The van der Waals surface area contributed by atoms with Crippen molar-refractivity contribution in [2.75, 3.05) is 13.7 Å². The number of benzene rings is 1. The van der Waals surface area contributed by atoms with E-state index in [1.807, 2.05) is 45.0 Å². The first kappa shape index (κ1) is 14.5. The topological polar surface area (TPSA) is 50.4 Å². The molecule has 0 fully saturated rings. The van der Waals surface area contributed by atoms with Gasteiger partial charge >= 0.3 is 0 Å². The van der Waals surface area contributed by atoms with Gasteiger partial charge in [-0.2, -0.15) is 0 Å². The van der Waals surface area contributed by atoms with E-state index in [2.05, 4.69) is 10.6 Å². The van der Waals surface area contributed by atoms with Crippen molar-refractivity contribution in [2.24, 2.45) is 0 Å². The fourth-order valence-electron chi connectivity index (χ4n) is 1.59. The van der Waals surface area contributed by atoms with Gasteiger partial charge in [0.1, 0.15) is 5.75 Å². The molecule has 1 aromatic rings. The lowest BCUT2D eigenvalue weighted by atomic mass is 10.1. The Morgan fingerprint density at radius 2 is 2.11 bits per heavy atom. The Balaban J connectivity index is 2.68. The summed E-state index contributed by atoms with van der Waals surface area (Å²) >= 11 is 0. The Morgan fingerprint density at radius 3 is 2.72 bits per heavy atom. The molecule has 4 nitrogen and oxygen atoms in total. The average molecular weight is 250 g/mol. The van der Waals surface area contributed by atoms with Crippen LogP contribution < -0.4 is 15.4 Å². The molecule has 0 spiro atoms. The van der Waals surface area contributed by atoms with Gasteiger partial charge in [0.15, 0.2) is 0 Å². The van der Waals surface area contributed by atoms with Gasteiger partial charge in [0.05, 0.1) is 18.7 Å². The zero-order valence-electron chi connectivity index (χ0n) is 11.5. The molecule has 2 atom stereocenters. The zero-order chi connectivity index (χ0) is 13.5. The number of amides is 1. The minimum Gasteiger partial charge on any atom is -0.494 e. The number of hydrogen-bond donors (Lipinski definition) is 2. The molecule has 0 radical (unpaired) electrons. The molecule has 100 valence electrons. The van der Waals surface area contributed by atoms with E-state index in [-0.39, 0.29) is 18.0 Å². The summed E-state index contributed by atoms with van der Waals surface area (Å²) in [7, 11) is 1.77. The lowest BCUT2D eigenvalue weighted by Crippen LogP contribution is -2.41. The Bertz CT molecular complexity index is 393. The van der Waals surface area contributed by atoms with Gasteiger partial charge in [-0.25, -0.2) is 0 Å². The van der Waals surface area contributed by atoms with Crippen LogP contribution in [0.3, 0.4) is 0 Å². The van der Waals surface area contributed by atoms with Crippen LogP contribution in [-0.4, -0.2) is 25.6 Å². The lowest BCUT2D eigenvalue weighted by Gasteiger charge is -2.18. The van der Waals surface area contributed by atoms with Crippen molar-refractivity contribution in [1.82, 2.24) is 10.6 Å². The van der Waals surface area contributed by atoms with E-state index in [0.717, 1.165) is 11.3 Å². The number of hydrogen-bond acceptors (Lipinski definition) is 3. The van der Waals surface area contributed by atoms with Crippen molar-refractivity contribution in [1.29, 1.82) is 0 Å². The van der Waals surface area contributed by atoms with Crippen LogP contribution in [0.4, 0.5) is 0 Å². The molecule has 4 heteroatoms. The van der Waals surface area contributed by atoms with Gasteiger partial charge in [0.2, 0.25) is 5.91 Å². The summed E-state index contributed by atoms with van der Waals surface area (Å²) in [4.78, 5) is 11.8. The number of carbonyl (C=O) groups is 1. The van der Waals surface area contributed by atoms with Crippen molar-refractivity contribution >= 4 is 5.91 Å². The minimum absolute atomic E-state index is 0.00758. The first-order valence-corrected chi connectivity index (χ1v) is 6.28. The maximum Gasteiger partial charge on any atom is 0.237 e. The lowest BCUT2D eigenvalue weighted by molar-refractivity contribution is -0.123. The monoisotopic (exact) mass is 250 g/mol. The standard InChI is InChI=1S/C14H22N2O2/c1-5-18-13-8-6-7-12(9-13)10(2)16-14(17)11(3)15-4/h6-11,15H,5H2,1-4H3,(H,16,17)/t10-,11-/m0/s1. The van der Waals surface area contributed by atoms with Gasteiger partial charge in [0, 0.05) is 0 Å². The third kappa shape index (κ3) is 4.04. The van der Waals surface area contributed by atoms with Gasteiger partial charge < -0.3 is 15.4 Å². The molecular formula is C14H22N2O2. The first-order chi connectivity index (χ1) is 8.58. The van der Waals surface area contributed by atoms with Crippen molar-refractivity contribution < 1.29 is 9.53 Å². The Morgan fingerprint density at radius 1 is 1.39 bits per heavy atom. The molecule has 1 rings (SSSR count). The average Bonchev–Trinajstić information content (AvgIpc) is 2.38. The van der Waals surface area contributed by atoms with Gasteiger partial charge in [-0.3, -0.25) is 4.79 Å². The molecule has 0 aromatic heterocycles. The van der Waals surface area contributed by atoms with Crippen molar-refractivity contribution in [3.63, 3.8) is 0 Å². The van der Waals surface area contributed by atoms with Crippen molar-refractivity contribution in [3.05, 3.63) is 29.8 Å².